The van der Waals surface area contributed by atoms with Gasteiger partial charge in [0.25, 0.3) is 0 Å². The van der Waals surface area contributed by atoms with E-state index in [1.165, 1.54) is 57.8 Å². The molecule has 0 spiro atoms. The SMILES string of the molecule is CCCCCCCCCCCCCC(=O)N/N=C/c1ccccc1. The van der Waals surface area contributed by atoms with Crippen molar-refractivity contribution in [1.82, 2.24) is 5.43 Å². The Morgan fingerprint density at radius 3 is 2.00 bits per heavy atom. The maximum absolute atomic E-state index is 11.7. The van der Waals surface area contributed by atoms with Gasteiger partial charge < -0.3 is 0 Å². The Morgan fingerprint density at radius 2 is 1.42 bits per heavy atom. The maximum atomic E-state index is 11.7. The predicted molar refractivity (Wildman–Crippen MR) is 103 cm³/mol. The summed E-state index contributed by atoms with van der Waals surface area (Å²) in [4.78, 5) is 11.7. The van der Waals surface area contributed by atoms with Gasteiger partial charge >= 0.3 is 0 Å². The predicted octanol–water partition coefficient (Wildman–Crippen LogP) is 5.84. The van der Waals surface area contributed by atoms with Gasteiger partial charge in [-0.1, -0.05) is 101 Å². The van der Waals surface area contributed by atoms with Crippen molar-refractivity contribution in [3.05, 3.63) is 35.9 Å². The van der Waals surface area contributed by atoms with Crippen LogP contribution in [0, 0.1) is 0 Å². The molecule has 3 heteroatoms. The highest BCUT2D eigenvalue weighted by Crippen LogP contribution is 2.11. The molecule has 0 unspecified atom stereocenters. The molecule has 0 aliphatic rings. The van der Waals surface area contributed by atoms with Gasteiger partial charge in [-0.3, -0.25) is 4.79 Å². The van der Waals surface area contributed by atoms with E-state index in [-0.39, 0.29) is 5.91 Å². The van der Waals surface area contributed by atoms with Crippen LogP contribution in [0.15, 0.2) is 35.4 Å². The van der Waals surface area contributed by atoms with Crippen LogP contribution in [0.5, 0.6) is 0 Å². The molecule has 0 aliphatic heterocycles. The third-order valence-corrected chi connectivity index (χ3v) is 4.21. The fourth-order valence-corrected chi connectivity index (χ4v) is 2.72. The van der Waals surface area contributed by atoms with Crippen LogP contribution in [0.4, 0.5) is 0 Å². The van der Waals surface area contributed by atoms with E-state index < -0.39 is 0 Å². The van der Waals surface area contributed by atoms with Crippen molar-refractivity contribution in [3.8, 4) is 0 Å². The molecule has 3 nitrogen and oxygen atoms in total. The van der Waals surface area contributed by atoms with E-state index >= 15 is 0 Å². The van der Waals surface area contributed by atoms with Crippen LogP contribution in [0.2, 0.25) is 0 Å². The lowest BCUT2D eigenvalue weighted by molar-refractivity contribution is -0.121. The van der Waals surface area contributed by atoms with E-state index in [1.807, 2.05) is 30.3 Å². The van der Waals surface area contributed by atoms with Gasteiger partial charge in [0.15, 0.2) is 0 Å². The number of unbranched alkanes of at least 4 members (excludes halogenated alkanes) is 10. The second kappa shape index (κ2) is 14.9. The first-order chi connectivity index (χ1) is 11.8. The number of benzene rings is 1. The molecule has 0 aromatic heterocycles. The standard InChI is InChI=1S/C21H34N2O/c1-2-3-4-5-6-7-8-9-10-11-15-18-21(24)23-22-19-20-16-13-12-14-17-20/h12-14,16-17,19H,2-11,15,18H2,1H3,(H,23,24)/b22-19+. The third kappa shape index (κ3) is 11.9. The minimum absolute atomic E-state index is 0.0121. The molecule has 0 aliphatic carbocycles. The molecule has 0 bridgehead atoms. The Bertz CT molecular complexity index is 442. The topological polar surface area (TPSA) is 41.5 Å². The average Bonchev–Trinajstić information content (AvgIpc) is 2.60. The van der Waals surface area contributed by atoms with Crippen LogP contribution >= 0.6 is 0 Å². The van der Waals surface area contributed by atoms with Crippen LogP contribution in [-0.2, 0) is 4.79 Å². The number of rotatable bonds is 14. The summed E-state index contributed by atoms with van der Waals surface area (Å²) in [5, 5.41) is 3.99. The Hall–Kier alpha value is -1.64. The lowest BCUT2D eigenvalue weighted by atomic mass is 10.1. The summed E-state index contributed by atoms with van der Waals surface area (Å²) in [5.41, 5.74) is 3.59. The van der Waals surface area contributed by atoms with Gasteiger partial charge in [-0.15, -0.1) is 0 Å². The first kappa shape index (κ1) is 20.4. The highest BCUT2D eigenvalue weighted by molar-refractivity contribution is 5.82. The van der Waals surface area contributed by atoms with E-state index in [0.29, 0.717) is 6.42 Å². The first-order valence-corrected chi connectivity index (χ1v) is 9.70. The minimum Gasteiger partial charge on any atom is -0.273 e. The molecule has 24 heavy (non-hydrogen) atoms. The fraction of sp³-hybridized carbons (Fsp3) is 0.619. The molecule has 0 saturated carbocycles. The number of nitrogens with zero attached hydrogens (tertiary/aromatic N) is 1. The first-order valence-electron chi connectivity index (χ1n) is 9.70. The largest absolute Gasteiger partial charge is 0.273 e. The molecule has 0 radical (unpaired) electrons. The normalized spacial score (nSPS) is 11.0. The zero-order valence-corrected chi connectivity index (χ0v) is 15.3. The number of hydrogen-bond acceptors (Lipinski definition) is 2. The van der Waals surface area contributed by atoms with Crippen LogP contribution in [0.1, 0.15) is 89.5 Å². The molecule has 1 amide bonds. The lowest BCUT2D eigenvalue weighted by Crippen LogP contribution is -2.16. The Morgan fingerprint density at radius 1 is 0.875 bits per heavy atom. The second-order valence-corrected chi connectivity index (χ2v) is 6.49. The number of nitrogens with one attached hydrogen (secondary N) is 1. The molecule has 0 saturated heterocycles. The summed E-state index contributed by atoms with van der Waals surface area (Å²) in [6, 6.07) is 9.78. The van der Waals surface area contributed by atoms with Crippen molar-refractivity contribution in [2.75, 3.05) is 0 Å². The van der Waals surface area contributed by atoms with Crippen molar-refractivity contribution in [3.63, 3.8) is 0 Å². The highest BCUT2D eigenvalue weighted by Gasteiger charge is 1.99. The fourth-order valence-electron chi connectivity index (χ4n) is 2.72. The molecule has 134 valence electrons. The summed E-state index contributed by atoms with van der Waals surface area (Å²) in [6.07, 6.45) is 16.5. The number of hydrazone groups is 1. The minimum atomic E-state index is 0.0121. The zero-order chi connectivity index (χ0) is 17.3. The van der Waals surface area contributed by atoms with Crippen LogP contribution in [-0.4, -0.2) is 12.1 Å². The van der Waals surface area contributed by atoms with Crippen LogP contribution < -0.4 is 5.43 Å². The summed E-state index contributed by atoms with van der Waals surface area (Å²) in [7, 11) is 0. The van der Waals surface area contributed by atoms with Crippen molar-refractivity contribution in [1.29, 1.82) is 0 Å². The van der Waals surface area contributed by atoms with E-state index in [1.54, 1.807) is 6.21 Å². The summed E-state index contributed by atoms with van der Waals surface area (Å²) < 4.78 is 0. The molecule has 0 atom stereocenters. The molecule has 1 aromatic rings. The van der Waals surface area contributed by atoms with Gasteiger partial charge in [0.1, 0.15) is 0 Å². The number of carbonyl (C=O) groups excluding carboxylic acids is 1. The third-order valence-electron chi connectivity index (χ3n) is 4.21. The summed E-state index contributed by atoms with van der Waals surface area (Å²) >= 11 is 0. The van der Waals surface area contributed by atoms with E-state index in [9.17, 15) is 4.79 Å². The zero-order valence-electron chi connectivity index (χ0n) is 15.3. The number of amides is 1. The Balaban J connectivity index is 1.88. The summed E-state index contributed by atoms with van der Waals surface area (Å²) in [6.45, 7) is 2.26. The molecule has 0 heterocycles. The smallest absolute Gasteiger partial charge is 0.240 e. The van der Waals surface area contributed by atoms with Gasteiger partial charge in [-0.2, -0.15) is 5.10 Å². The molecule has 0 fully saturated rings. The Kier molecular flexibility index (Phi) is 12.7. The van der Waals surface area contributed by atoms with Crippen molar-refractivity contribution in [2.45, 2.75) is 84.0 Å². The van der Waals surface area contributed by atoms with Crippen LogP contribution in [0.25, 0.3) is 0 Å². The molecular weight excluding hydrogens is 296 g/mol. The van der Waals surface area contributed by atoms with Crippen molar-refractivity contribution < 1.29 is 4.79 Å². The number of hydrogen-bond donors (Lipinski definition) is 1. The van der Waals surface area contributed by atoms with Gasteiger partial charge in [0, 0.05) is 6.42 Å². The van der Waals surface area contributed by atoms with Crippen molar-refractivity contribution >= 4 is 12.1 Å². The van der Waals surface area contributed by atoms with Gasteiger partial charge in [-0.25, -0.2) is 5.43 Å². The van der Waals surface area contributed by atoms with Gasteiger partial charge in [0.05, 0.1) is 6.21 Å². The van der Waals surface area contributed by atoms with E-state index in [4.69, 9.17) is 0 Å². The van der Waals surface area contributed by atoms with E-state index in [0.717, 1.165) is 18.4 Å². The molecule has 1 rings (SSSR count). The summed E-state index contributed by atoms with van der Waals surface area (Å²) in [5.74, 6) is 0.0121. The quantitative estimate of drug-likeness (QED) is 0.260. The Labute approximate surface area is 147 Å². The number of carbonyl (C=O) groups is 1. The van der Waals surface area contributed by atoms with Gasteiger partial charge in [0.2, 0.25) is 5.91 Å². The molecule has 1 N–H and O–H groups in total. The van der Waals surface area contributed by atoms with Gasteiger partial charge in [-0.05, 0) is 12.0 Å². The molecule has 1 aromatic carbocycles. The molecular formula is C21H34N2O. The second-order valence-electron chi connectivity index (χ2n) is 6.49. The van der Waals surface area contributed by atoms with Crippen LogP contribution in [0.3, 0.4) is 0 Å². The average molecular weight is 331 g/mol. The highest BCUT2D eigenvalue weighted by atomic mass is 16.2. The maximum Gasteiger partial charge on any atom is 0.240 e. The van der Waals surface area contributed by atoms with E-state index in [2.05, 4.69) is 17.5 Å². The lowest BCUT2D eigenvalue weighted by Gasteiger charge is -2.02. The monoisotopic (exact) mass is 330 g/mol. The van der Waals surface area contributed by atoms with Crippen molar-refractivity contribution in [2.24, 2.45) is 5.10 Å².